The summed E-state index contributed by atoms with van der Waals surface area (Å²) in [6.07, 6.45) is -1.11. The van der Waals surface area contributed by atoms with Crippen LogP contribution in [0.4, 0.5) is 20.6 Å². The van der Waals surface area contributed by atoms with Gasteiger partial charge >= 0.3 is 6.03 Å². The van der Waals surface area contributed by atoms with Crippen molar-refractivity contribution in [1.82, 2.24) is 10.2 Å². The fraction of sp³-hybridized carbons (Fsp3) is 0.381. The molecule has 0 radical (unpaired) electrons. The van der Waals surface area contributed by atoms with Crippen molar-refractivity contribution in [3.05, 3.63) is 59.9 Å². The van der Waals surface area contributed by atoms with Crippen LogP contribution in [0.25, 0.3) is 0 Å². The van der Waals surface area contributed by atoms with Crippen LogP contribution in [0.1, 0.15) is 18.6 Å². The number of para-hydroxylation sites is 2. The Morgan fingerprint density at radius 2 is 1.79 bits per heavy atom. The Hall–Kier alpha value is -2.64. The van der Waals surface area contributed by atoms with Gasteiger partial charge in [0.25, 0.3) is 0 Å². The van der Waals surface area contributed by atoms with Gasteiger partial charge in [-0.3, -0.25) is 0 Å². The Morgan fingerprint density at radius 1 is 1.11 bits per heavy atom. The van der Waals surface area contributed by atoms with Crippen LogP contribution in [0.2, 0.25) is 0 Å². The summed E-state index contributed by atoms with van der Waals surface area (Å²) in [6, 6.07) is 13.2. The first kappa shape index (κ1) is 20.1. The molecule has 0 saturated carbocycles. The first-order chi connectivity index (χ1) is 13.6. The Kier molecular flexibility index (Phi) is 6.84. The molecule has 0 aromatic heterocycles. The largest absolute Gasteiger partial charge is 0.386 e. The molecule has 1 atom stereocenters. The second kappa shape index (κ2) is 9.52. The standard InChI is InChI=1S/C21H27FN4O2/c1-2-25-11-13-26(14-12-25)19-10-6-5-9-18(19)24-21(28)23-15-20(27)16-7-3-4-8-17(16)22/h3-10,20,27H,2,11-15H2,1H3,(H2,23,24,28). The van der Waals surface area contributed by atoms with Crippen molar-refractivity contribution in [2.45, 2.75) is 13.0 Å². The van der Waals surface area contributed by atoms with E-state index in [0.717, 1.165) is 38.4 Å². The molecule has 1 heterocycles. The molecule has 0 bridgehead atoms. The Labute approximate surface area is 165 Å². The number of aliphatic hydroxyl groups is 1. The van der Waals surface area contributed by atoms with Crippen LogP contribution in [0.5, 0.6) is 0 Å². The monoisotopic (exact) mass is 386 g/mol. The number of urea groups is 1. The van der Waals surface area contributed by atoms with Crippen LogP contribution in [0.15, 0.2) is 48.5 Å². The van der Waals surface area contributed by atoms with Gasteiger partial charge in [0.2, 0.25) is 0 Å². The highest BCUT2D eigenvalue weighted by atomic mass is 19.1. The van der Waals surface area contributed by atoms with Gasteiger partial charge in [-0.15, -0.1) is 0 Å². The van der Waals surface area contributed by atoms with Crippen molar-refractivity contribution < 1.29 is 14.3 Å². The molecular formula is C21H27FN4O2. The minimum atomic E-state index is -1.11. The summed E-state index contributed by atoms with van der Waals surface area (Å²) in [5.41, 5.74) is 1.85. The van der Waals surface area contributed by atoms with Gasteiger partial charge in [0.1, 0.15) is 5.82 Å². The quantitative estimate of drug-likeness (QED) is 0.714. The number of aliphatic hydroxyl groups excluding tert-OH is 1. The molecule has 1 saturated heterocycles. The van der Waals surface area contributed by atoms with Gasteiger partial charge in [-0.2, -0.15) is 0 Å². The molecule has 3 N–H and O–H groups in total. The minimum absolute atomic E-state index is 0.0793. The van der Waals surface area contributed by atoms with E-state index in [1.807, 2.05) is 24.3 Å². The number of benzene rings is 2. The van der Waals surface area contributed by atoms with Gasteiger partial charge in [0.05, 0.1) is 17.5 Å². The molecule has 2 amide bonds. The molecule has 150 valence electrons. The summed E-state index contributed by atoms with van der Waals surface area (Å²) in [5, 5.41) is 15.6. The molecule has 0 spiro atoms. The van der Waals surface area contributed by atoms with Crippen LogP contribution < -0.4 is 15.5 Å². The van der Waals surface area contributed by atoms with Gasteiger partial charge in [0, 0.05) is 38.3 Å². The zero-order valence-corrected chi connectivity index (χ0v) is 16.1. The summed E-state index contributed by atoms with van der Waals surface area (Å²) in [7, 11) is 0. The SMILES string of the molecule is CCN1CCN(c2ccccc2NC(=O)NCC(O)c2ccccc2F)CC1. The Morgan fingerprint density at radius 3 is 2.50 bits per heavy atom. The van der Waals surface area contributed by atoms with Gasteiger partial charge in [-0.1, -0.05) is 37.3 Å². The lowest BCUT2D eigenvalue weighted by Crippen LogP contribution is -2.46. The van der Waals surface area contributed by atoms with Crippen molar-refractivity contribution in [1.29, 1.82) is 0 Å². The van der Waals surface area contributed by atoms with Gasteiger partial charge in [0.15, 0.2) is 0 Å². The summed E-state index contributed by atoms with van der Waals surface area (Å²) in [5.74, 6) is -0.492. The normalized spacial score (nSPS) is 15.9. The number of likely N-dealkylation sites (N-methyl/N-ethyl adjacent to an activating group) is 1. The van der Waals surface area contributed by atoms with Crippen LogP contribution in [0.3, 0.4) is 0 Å². The van der Waals surface area contributed by atoms with Gasteiger partial charge in [-0.25, -0.2) is 9.18 Å². The van der Waals surface area contributed by atoms with E-state index in [9.17, 15) is 14.3 Å². The van der Waals surface area contributed by atoms with E-state index in [4.69, 9.17) is 0 Å². The lowest BCUT2D eigenvalue weighted by Gasteiger charge is -2.36. The predicted molar refractivity (Wildman–Crippen MR) is 109 cm³/mol. The van der Waals surface area contributed by atoms with Gasteiger partial charge < -0.3 is 25.5 Å². The van der Waals surface area contributed by atoms with Crippen molar-refractivity contribution >= 4 is 17.4 Å². The molecular weight excluding hydrogens is 359 g/mol. The van der Waals surface area contributed by atoms with Crippen LogP contribution >= 0.6 is 0 Å². The van der Waals surface area contributed by atoms with Crippen LogP contribution in [-0.4, -0.2) is 55.3 Å². The third kappa shape index (κ3) is 4.99. The van der Waals surface area contributed by atoms with Gasteiger partial charge in [-0.05, 0) is 24.7 Å². The average Bonchev–Trinajstić information content (AvgIpc) is 2.73. The second-order valence-corrected chi connectivity index (χ2v) is 6.81. The number of rotatable bonds is 6. The van der Waals surface area contributed by atoms with Crippen molar-refractivity contribution in [3.63, 3.8) is 0 Å². The fourth-order valence-corrected chi connectivity index (χ4v) is 3.37. The van der Waals surface area contributed by atoms with E-state index < -0.39 is 18.0 Å². The van der Waals surface area contributed by atoms with E-state index in [-0.39, 0.29) is 12.1 Å². The highest BCUT2D eigenvalue weighted by molar-refractivity contribution is 5.93. The van der Waals surface area contributed by atoms with Crippen LogP contribution in [0, 0.1) is 5.82 Å². The highest BCUT2D eigenvalue weighted by Crippen LogP contribution is 2.26. The predicted octanol–water partition coefficient (Wildman–Crippen LogP) is 2.82. The zero-order valence-electron chi connectivity index (χ0n) is 16.1. The number of halogens is 1. The highest BCUT2D eigenvalue weighted by Gasteiger charge is 2.19. The van der Waals surface area contributed by atoms with Crippen molar-refractivity contribution in [3.8, 4) is 0 Å². The minimum Gasteiger partial charge on any atom is -0.386 e. The Bertz CT molecular complexity index is 793. The summed E-state index contributed by atoms with van der Waals surface area (Å²) in [4.78, 5) is 17.0. The molecule has 1 fully saturated rings. The molecule has 7 heteroatoms. The number of hydrogen-bond acceptors (Lipinski definition) is 4. The number of amides is 2. The Balaban J connectivity index is 1.58. The third-order valence-corrected chi connectivity index (χ3v) is 5.03. The first-order valence-electron chi connectivity index (χ1n) is 9.62. The van der Waals surface area contributed by atoms with E-state index in [1.54, 1.807) is 12.1 Å². The smallest absolute Gasteiger partial charge is 0.319 e. The third-order valence-electron chi connectivity index (χ3n) is 5.03. The van der Waals surface area contributed by atoms with E-state index in [2.05, 4.69) is 27.4 Å². The average molecular weight is 386 g/mol. The first-order valence-corrected chi connectivity index (χ1v) is 9.62. The maximum Gasteiger partial charge on any atom is 0.319 e. The molecule has 2 aromatic carbocycles. The lowest BCUT2D eigenvalue weighted by molar-refractivity contribution is 0.170. The molecule has 0 aliphatic carbocycles. The zero-order chi connectivity index (χ0) is 19.9. The number of nitrogens with one attached hydrogen (secondary N) is 2. The number of carbonyl (C=O) groups is 1. The number of piperazine rings is 1. The van der Waals surface area contributed by atoms with Crippen LogP contribution in [-0.2, 0) is 0 Å². The number of nitrogens with zero attached hydrogens (tertiary/aromatic N) is 2. The number of carbonyl (C=O) groups excluding carboxylic acids is 1. The number of anilines is 2. The molecule has 1 aliphatic heterocycles. The molecule has 1 unspecified atom stereocenters. The van der Waals surface area contributed by atoms with Crippen molar-refractivity contribution in [2.75, 3.05) is 49.5 Å². The summed E-state index contributed by atoms with van der Waals surface area (Å²) >= 11 is 0. The molecule has 2 aromatic rings. The summed E-state index contributed by atoms with van der Waals surface area (Å²) < 4.78 is 13.7. The second-order valence-electron chi connectivity index (χ2n) is 6.81. The molecule has 28 heavy (non-hydrogen) atoms. The molecule has 3 rings (SSSR count). The topological polar surface area (TPSA) is 67.8 Å². The lowest BCUT2D eigenvalue weighted by atomic mass is 10.1. The van der Waals surface area contributed by atoms with E-state index in [0.29, 0.717) is 5.69 Å². The molecule has 6 nitrogen and oxygen atoms in total. The van der Waals surface area contributed by atoms with E-state index >= 15 is 0 Å². The molecule has 1 aliphatic rings. The fourth-order valence-electron chi connectivity index (χ4n) is 3.37. The van der Waals surface area contributed by atoms with E-state index in [1.165, 1.54) is 12.1 Å². The number of hydrogen-bond donors (Lipinski definition) is 3. The maximum atomic E-state index is 13.7. The van der Waals surface area contributed by atoms with Crippen molar-refractivity contribution in [2.24, 2.45) is 0 Å². The summed E-state index contributed by atoms with van der Waals surface area (Å²) in [6.45, 7) is 6.91. The maximum absolute atomic E-state index is 13.7.